The lowest BCUT2D eigenvalue weighted by atomic mass is 9.95. The molecule has 0 bridgehead atoms. The number of anilines is 1. The van der Waals surface area contributed by atoms with Gasteiger partial charge in [0, 0.05) is 25.2 Å². The summed E-state index contributed by atoms with van der Waals surface area (Å²) in [7, 11) is 0. The molecule has 0 N–H and O–H groups in total. The zero-order valence-corrected chi connectivity index (χ0v) is 23.7. The van der Waals surface area contributed by atoms with Gasteiger partial charge in [0.05, 0.1) is 24.0 Å². The Bertz CT molecular complexity index is 1440. The van der Waals surface area contributed by atoms with Gasteiger partial charge in [-0.15, -0.1) is 0 Å². The van der Waals surface area contributed by atoms with Gasteiger partial charge in [0.2, 0.25) is 0 Å². The molecule has 2 aromatic rings. The van der Waals surface area contributed by atoms with Crippen molar-refractivity contribution in [2.24, 2.45) is 5.92 Å². The average molecular weight is 569 g/mol. The van der Waals surface area contributed by atoms with Crippen LogP contribution in [0.5, 0.6) is 0 Å². The van der Waals surface area contributed by atoms with Crippen LogP contribution in [-0.2, 0) is 27.4 Å². The molecule has 2 fully saturated rings. The number of carbonyl (C=O) groups is 2. The first-order chi connectivity index (χ1) is 18.7. The molecule has 11 heteroatoms. The number of rotatable bonds is 7. The van der Waals surface area contributed by atoms with E-state index in [1.807, 2.05) is 17.9 Å². The van der Waals surface area contributed by atoms with E-state index in [2.05, 4.69) is 0 Å². The maximum absolute atomic E-state index is 13.4. The molecule has 39 heavy (non-hydrogen) atoms. The van der Waals surface area contributed by atoms with Crippen LogP contribution in [0.2, 0.25) is 0 Å². The van der Waals surface area contributed by atoms with E-state index in [0.29, 0.717) is 65.3 Å². The number of aromatic nitrogens is 1. The van der Waals surface area contributed by atoms with E-state index in [0.717, 1.165) is 17.3 Å². The number of hydrogen-bond acceptors (Lipinski definition) is 8. The van der Waals surface area contributed by atoms with Gasteiger partial charge in [-0.1, -0.05) is 36.1 Å². The fraction of sp³-hybridized carbons (Fsp3) is 0.393. The van der Waals surface area contributed by atoms with Crippen LogP contribution >= 0.6 is 24.0 Å². The molecule has 0 atom stereocenters. The van der Waals surface area contributed by atoms with Crippen molar-refractivity contribution >= 4 is 52.1 Å². The second kappa shape index (κ2) is 12.1. The number of nitriles is 1. The fourth-order valence-electron chi connectivity index (χ4n) is 4.91. The second-order valence-corrected chi connectivity index (χ2v) is 11.0. The van der Waals surface area contributed by atoms with Crippen molar-refractivity contribution in [3.05, 3.63) is 67.6 Å². The van der Waals surface area contributed by atoms with Gasteiger partial charge in [0.25, 0.3) is 11.5 Å². The van der Waals surface area contributed by atoms with Crippen molar-refractivity contribution in [3.63, 3.8) is 0 Å². The zero-order valence-electron chi connectivity index (χ0n) is 22.0. The zero-order chi connectivity index (χ0) is 28.3. The van der Waals surface area contributed by atoms with Gasteiger partial charge in [0.15, 0.2) is 0 Å². The van der Waals surface area contributed by atoms with Crippen molar-refractivity contribution in [2.45, 2.75) is 46.7 Å². The highest BCUT2D eigenvalue weighted by molar-refractivity contribution is 8.26. The number of benzene rings is 1. The summed E-state index contributed by atoms with van der Waals surface area (Å²) in [4.78, 5) is 42.8. The number of thioether (sulfide) groups is 1. The van der Waals surface area contributed by atoms with Crippen LogP contribution in [-0.4, -0.2) is 45.4 Å². The van der Waals surface area contributed by atoms with Crippen molar-refractivity contribution in [1.29, 1.82) is 5.26 Å². The third-order valence-corrected chi connectivity index (χ3v) is 8.36. The Labute approximate surface area is 236 Å². The number of esters is 1. The predicted molar refractivity (Wildman–Crippen MR) is 153 cm³/mol. The summed E-state index contributed by atoms with van der Waals surface area (Å²) < 4.78 is 20.5. The third-order valence-electron chi connectivity index (χ3n) is 6.98. The van der Waals surface area contributed by atoms with E-state index in [9.17, 15) is 24.0 Å². The number of ether oxygens (including phenoxy) is 1. The normalized spacial score (nSPS) is 17.2. The van der Waals surface area contributed by atoms with Gasteiger partial charge < -0.3 is 9.64 Å². The van der Waals surface area contributed by atoms with Crippen LogP contribution < -0.4 is 10.5 Å². The summed E-state index contributed by atoms with van der Waals surface area (Å²) in [6.45, 7) is 7.20. The van der Waals surface area contributed by atoms with Gasteiger partial charge >= 0.3 is 5.97 Å². The van der Waals surface area contributed by atoms with Gasteiger partial charge in [-0.25, -0.2) is 4.39 Å². The van der Waals surface area contributed by atoms with Crippen LogP contribution in [0, 0.1) is 30.0 Å². The lowest BCUT2D eigenvalue weighted by Gasteiger charge is -2.35. The van der Waals surface area contributed by atoms with Crippen LogP contribution in [0.25, 0.3) is 6.08 Å². The summed E-state index contributed by atoms with van der Waals surface area (Å²) in [6.07, 6.45) is 2.84. The van der Waals surface area contributed by atoms with E-state index >= 15 is 0 Å². The monoisotopic (exact) mass is 568 g/mol. The molecule has 0 aliphatic carbocycles. The minimum Gasteiger partial charge on any atom is -0.466 e. The molecule has 1 amide bonds. The number of amides is 1. The first-order valence-electron chi connectivity index (χ1n) is 12.8. The summed E-state index contributed by atoms with van der Waals surface area (Å²) in [6, 6.07) is 7.92. The van der Waals surface area contributed by atoms with Crippen LogP contribution in [0.1, 0.15) is 48.9 Å². The molecule has 0 spiro atoms. The van der Waals surface area contributed by atoms with E-state index in [4.69, 9.17) is 17.0 Å². The maximum atomic E-state index is 13.4. The second-order valence-electron chi connectivity index (χ2n) is 9.31. The van der Waals surface area contributed by atoms with Crippen molar-refractivity contribution in [2.75, 3.05) is 24.6 Å². The smallest absolute Gasteiger partial charge is 0.309 e. The van der Waals surface area contributed by atoms with Gasteiger partial charge in [-0.05, 0) is 62.9 Å². The Balaban J connectivity index is 1.73. The molecule has 204 valence electrons. The van der Waals surface area contributed by atoms with Crippen LogP contribution in [0.3, 0.4) is 0 Å². The minimum absolute atomic E-state index is 0.0232. The number of carbonyl (C=O) groups excluding carboxylic acids is 2. The first-order valence-corrected chi connectivity index (χ1v) is 14.0. The number of piperidine rings is 1. The van der Waals surface area contributed by atoms with E-state index in [1.165, 1.54) is 17.0 Å². The van der Waals surface area contributed by atoms with Crippen molar-refractivity contribution in [3.8, 4) is 6.07 Å². The molecular formula is C28H29FN4O4S2. The Morgan fingerprint density at radius 2 is 1.90 bits per heavy atom. The number of pyridine rings is 1. The number of thiocarbonyl (C=S) groups is 1. The fourth-order valence-corrected chi connectivity index (χ4v) is 6.14. The lowest BCUT2D eigenvalue weighted by Crippen LogP contribution is -2.41. The summed E-state index contributed by atoms with van der Waals surface area (Å²) >= 11 is 6.64. The maximum Gasteiger partial charge on any atom is 0.309 e. The number of nitrogens with zero attached hydrogens (tertiary/aromatic N) is 4. The summed E-state index contributed by atoms with van der Waals surface area (Å²) in [5.74, 6) is -0.476. The van der Waals surface area contributed by atoms with E-state index < -0.39 is 0 Å². The molecule has 2 saturated heterocycles. The largest absolute Gasteiger partial charge is 0.466 e. The average Bonchev–Trinajstić information content (AvgIpc) is 3.19. The molecule has 8 nitrogen and oxygen atoms in total. The highest BCUT2D eigenvalue weighted by Gasteiger charge is 2.34. The highest BCUT2D eigenvalue weighted by atomic mass is 32.2. The Kier molecular flexibility index (Phi) is 8.87. The van der Waals surface area contributed by atoms with Crippen LogP contribution in [0.15, 0.2) is 34.0 Å². The molecule has 1 aromatic heterocycles. The summed E-state index contributed by atoms with van der Waals surface area (Å²) in [5, 5.41) is 9.79. The molecule has 2 aliphatic rings. The quantitative estimate of drug-likeness (QED) is 0.276. The molecule has 2 aliphatic heterocycles. The molecule has 0 radical (unpaired) electrons. The molecule has 0 unspecified atom stereocenters. The Hall–Kier alpha value is -3.49. The van der Waals surface area contributed by atoms with Crippen molar-refractivity contribution in [1.82, 2.24) is 9.47 Å². The molecule has 0 saturated carbocycles. The first kappa shape index (κ1) is 28.5. The predicted octanol–water partition coefficient (Wildman–Crippen LogP) is 4.37. The lowest BCUT2D eigenvalue weighted by molar-refractivity contribution is -0.148. The Morgan fingerprint density at radius 1 is 1.23 bits per heavy atom. The number of hydrogen-bond donors (Lipinski definition) is 0. The third kappa shape index (κ3) is 5.77. The van der Waals surface area contributed by atoms with Gasteiger partial charge in [-0.3, -0.25) is 23.9 Å². The SMILES string of the molecule is CCOC(=O)C1CCN(c2c(C=C3SC(=S)N(Cc4ccc(F)cc4)C3=O)c(C)c(C#N)c(=O)n2CC)CC1. The molecule has 1 aromatic carbocycles. The van der Waals surface area contributed by atoms with Gasteiger partial charge in [0.1, 0.15) is 27.6 Å². The molecule has 4 rings (SSSR count). The van der Waals surface area contributed by atoms with Crippen LogP contribution in [0.4, 0.5) is 10.2 Å². The van der Waals surface area contributed by atoms with Crippen molar-refractivity contribution < 1.29 is 18.7 Å². The summed E-state index contributed by atoms with van der Waals surface area (Å²) in [5.41, 5.74) is 1.46. The Morgan fingerprint density at radius 3 is 2.49 bits per heavy atom. The number of halogens is 1. The standard InChI is InChI=1S/C28H29FN4O4S2/c1-4-32-24(31-12-10-19(11-13-31)27(36)37-5-2)21(17(3)22(15-30)25(32)34)14-23-26(35)33(28(38)39-23)16-18-6-8-20(29)9-7-18/h6-9,14,19H,4-5,10-13,16H2,1-3H3. The van der Waals surface area contributed by atoms with E-state index in [-0.39, 0.29) is 41.3 Å². The topological polar surface area (TPSA) is 95.6 Å². The molecular weight excluding hydrogens is 539 g/mol. The highest BCUT2D eigenvalue weighted by Crippen LogP contribution is 2.37. The minimum atomic E-state index is -0.388. The van der Waals surface area contributed by atoms with E-state index in [1.54, 1.807) is 36.6 Å². The molecule has 3 heterocycles. The van der Waals surface area contributed by atoms with Gasteiger partial charge in [-0.2, -0.15) is 5.26 Å².